The molecule has 0 aromatic heterocycles. The molecule has 25 heavy (non-hydrogen) atoms. The molecule has 0 fully saturated rings. The van der Waals surface area contributed by atoms with Crippen molar-refractivity contribution in [1.82, 2.24) is 0 Å². The number of rotatable bonds is 6. The molecule has 1 aromatic rings. The van der Waals surface area contributed by atoms with Crippen molar-refractivity contribution >= 4 is 69.9 Å². The highest BCUT2D eigenvalue weighted by Gasteiger charge is 2.27. The lowest BCUT2D eigenvalue weighted by molar-refractivity contribution is -0.407. The van der Waals surface area contributed by atoms with Crippen molar-refractivity contribution in [2.45, 2.75) is 26.3 Å². The van der Waals surface area contributed by atoms with E-state index in [1.54, 1.807) is 0 Å². The molecular weight excluding hydrogens is 503 g/mol. The Morgan fingerprint density at radius 2 is 1.40 bits per heavy atom. The summed E-state index contributed by atoms with van der Waals surface area (Å²) in [6, 6.07) is -0.938. The monoisotopic (exact) mass is 515 g/mol. The quantitative estimate of drug-likeness (QED) is 0.265. The number of quaternary nitrogens is 1. The van der Waals surface area contributed by atoms with Gasteiger partial charge in [-0.25, -0.2) is 4.79 Å². The zero-order chi connectivity index (χ0) is 18.6. The van der Waals surface area contributed by atoms with Crippen LogP contribution in [0.25, 0.3) is 0 Å². The largest absolute Gasteiger partial charge is 1.00 e. The van der Waals surface area contributed by atoms with Crippen LogP contribution in [-0.2, 0) is 14.3 Å². The molecule has 11 heteroatoms. The van der Waals surface area contributed by atoms with Crippen molar-refractivity contribution in [2.75, 3.05) is 6.61 Å². The summed E-state index contributed by atoms with van der Waals surface area (Å²) >= 11 is 29.5. The number of halogens is 6. The highest BCUT2D eigenvalue weighted by Crippen LogP contribution is 2.48. The minimum atomic E-state index is -0.938. The van der Waals surface area contributed by atoms with Gasteiger partial charge in [-0.15, -0.1) is 0 Å². The van der Waals surface area contributed by atoms with Gasteiger partial charge < -0.3 is 32.2 Å². The van der Waals surface area contributed by atoms with Gasteiger partial charge in [0.05, 0.1) is 21.7 Å². The third-order valence-corrected chi connectivity index (χ3v) is 4.93. The van der Waals surface area contributed by atoms with E-state index in [0.29, 0.717) is 0 Å². The first-order valence-electron chi connectivity index (χ1n) is 6.78. The maximum absolute atomic E-state index is 12.0. The van der Waals surface area contributed by atoms with Crippen molar-refractivity contribution in [1.29, 1.82) is 0 Å². The van der Waals surface area contributed by atoms with E-state index in [-0.39, 0.29) is 66.8 Å². The Bertz CT molecular complexity index is 628. The molecule has 0 bridgehead atoms. The molecule has 0 amide bonds. The van der Waals surface area contributed by atoms with Crippen LogP contribution in [0.1, 0.15) is 20.3 Å². The normalized spacial score (nSPS) is 11.7. The van der Waals surface area contributed by atoms with Crippen molar-refractivity contribution in [2.24, 2.45) is 5.92 Å². The SMILES string of the molecule is CC(C)COC(=O)[C@@H]([NH3+])CC(=O)Oc1c(Cl)c(Cl)c(Cl)c(Cl)c1Cl.[Br-]. The van der Waals surface area contributed by atoms with Gasteiger partial charge in [0.2, 0.25) is 0 Å². The molecule has 5 nitrogen and oxygen atoms in total. The lowest BCUT2D eigenvalue weighted by Crippen LogP contribution is -3.00. The molecule has 0 saturated heterocycles. The smallest absolute Gasteiger partial charge is 0.365 e. The molecule has 1 aromatic carbocycles. The van der Waals surface area contributed by atoms with E-state index in [1.807, 2.05) is 13.8 Å². The summed E-state index contributed by atoms with van der Waals surface area (Å²) in [6.07, 6.45) is -0.332. The number of esters is 2. The molecular formula is C14H15BrCl5NO4. The van der Waals surface area contributed by atoms with E-state index in [2.05, 4.69) is 5.73 Å². The predicted molar refractivity (Wildman–Crippen MR) is 94.2 cm³/mol. The van der Waals surface area contributed by atoms with Crippen LogP contribution in [-0.4, -0.2) is 24.6 Å². The van der Waals surface area contributed by atoms with Crippen LogP contribution >= 0.6 is 58.0 Å². The molecule has 1 atom stereocenters. The highest BCUT2D eigenvalue weighted by atomic mass is 79.9. The lowest BCUT2D eigenvalue weighted by Gasteiger charge is -2.13. The molecule has 0 saturated carbocycles. The van der Waals surface area contributed by atoms with Crippen LogP contribution in [0.3, 0.4) is 0 Å². The number of benzene rings is 1. The van der Waals surface area contributed by atoms with Crippen molar-refractivity contribution in [3.05, 3.63) is 25.1 Å². The number of carbonyl (C=O) groups excluding carboxylic acids is 2. The zero-order valence-electron chi connectivity index (χ0n) is 13.2. The second-order valence-electron chi connectivity index (χ2n) is 5.30. The molecule has 0 unspecified atom stereocenters. The van der Waals surface area contributed by atoms with Crippen molar-refractivity contribution in [3.63, 3.8) is 0 Å². The summed E-state index contributed by atoms with van der Waals surface area (Å²) in [7, 11) is 0. The Kier molecular flexibility index (Phi) is 11.0. The van der Waals surface area contributed by atoms with E-state index < -0.39 is 18.0 Å². The van der Waals surface area contributed by atoms with Crippen LogP contribution in [0, 0.1) is 5.92 Å². The van der Waals surface area contributed by atoms with Crippen molar-refractivity contribution < 1.29 is 41.8 Å². The first-order valence-corrected chi connectivity index (χ1v) is 8.67. The standard InChI is InChI=1S/C14H14Cl5NO4.BrH/c1-5(2)4-23-14(22)6(20)3-7(21)24-13-11(18)9(16)8(15)10(17)12(13)19;/h5-6H,3-4,20H2,1-2H3;1H/t6-;/m0./s1. The summed E-state index contributed by atoms with van der Waals surface area (Å²) < 4.78 is 10.1. The molecule has 3 N–H and O–H groups in total. The summed E-state index contributed by atoms with van der Waals surface area (Å²) in [5.41, 5.74) is 3.58. The van der Waals surface area contributed by atoms with Gasteiger partial charge in [-0.05, 0) is 5.92 Å². The minimum absolute atomic E-state index is 0. The third-order valence-electron chi connectivity index (χ3n) is 2.69. The van der Waals surface area contributed by atoms with Crippen molar-refractivity contribution in [3.8, 4) is 5.75 Å². The topological polar surface area (TPSA) is 80.2 Å². The Labute approximate surface area is 180 Å². The van der Waals surface area contributed by atoms with Gasteiger partial charge >= 0.3 is 11.9 Å². The maximum Gasteiger partial charge on any atom is 0.365 e. The van der Waals surface area contributed by atoms with Gasteiger partial charge in [-0.3, -0.25) is 4.79 Å². The van der Waals surface area contributed by atoms with Gasteiger partial charge in [0.1, 0.15) is 16.5 Å². The second-order valence-corrected chi connectivity index (χ2v) is 7.19. The lowest BCUT2D eigenvalue weighted by atomic mass is 10.2. The third kappa shape index (κ3) is 6.94. The van der Waals surface area contributed by atoms with Gasteiger partial charge in [0.15, 0.2) is 11.8 Å². The fourth-order valence-corrected chi connectivity index (χ4v) is 2.68. The number of carbonyl (C=O) groups is 2. The van der Waals surface area contributed by atoms with E-state index in [9.17, 15) is 9.59 Å². The van der Waals surface area contributed by atoms with Gasteiger partial charge in [0, 0.05) is 0 Å². The fourth-order valence-electron chi connectivity index (χ4n) is 1.48. The molecule has 1 rings (SSSR count). The van der Waals surface area contributed by atoms with Gasteiger partial charge in [-0.1, -0.05) is 71.9 Å². The van der Waals surface area contributed by atoms with Crippen LogP contribution in [0.4, 0.5) is 0 Å². The second kappa shape index (κ2) is 11.0. The molecule has 142 valence electrons. The van der Waals surface area contributed by atoms with Crippen LogP contribution < -0.4 is 27.5 Å². The summed E-state index contributed by atoms with van der Waals surface area (Å²) in [6.45, 7) is 4.01. The Balaban J connectivity index is 0.00000576. The molecule has 0 aliphatic carbocycles. The summed E-state index contributed by atoms with van der Waals surface area (Å²) in [5.74, 6) is -1.46. The van der Waals surface area contributed by atoms with Crippen LogP contribution in [0.5, 0.6) is 5.75 Å². The number of hydrogen-bond acceptors (Lipinski definition) is 4. The number of ether oxygens (including phenoxy) is 2. The average molecular weight is 518 g/mol. The Morgan fingerprint density at radius 1 is 0.960 bits per heavy atom. The summed E-state index contributed by atoms with van der Waals surface area (Å²) in [5, 5.41) is -0.573. The van der Waals surface area contributed by atoms with E-state index in [0.717, 1.165) is 0 Å². The Hall–Kier alpha value is 0.0500. The van der Waals surface area contributed by atoms with Gasteiger partial charge in [-0.2, -0.15) is 0 Å². The molecule has 0 aliphatic heterocycles. The Morgan fingerprint density at radius 3 is 1.84 bits per heavy atom. The van der Waals surface area contributed by atoms with Gasteiger partial charge in [0.25, 0.3) is 0 Å². The molecule has 0 heterocycles. The predicted octanol–water partition coefficient (Wildman–Crippen LogP) is 1.06. The van der Waals surface area contributed by atoms with Crippen LogP contribution in [0.2, 0.25) is 25.1 Å². The maximum atomic E-state index is 12.0. The van der Waals surface area contributed by atoms with E-state index in [4.69, 9.17) is 67.5 Å². The van der Waals surface area contributed by atoms with E-state index in [1.165, 1.54) is 0 Å². The zero-order valence-corrected chi connectivity index (χ0v) is 18.5. The average Bonchev–Trinajstić information content (AvgIpc) is 2.52. The molecule has 0 radical (unpaired) electrons. The first-order chi connectivity index (χ1) is 11.1. The summed E-state index contributed by atoms with van der Waals surface area (Å²) in [4.78, 5) is 23.7. The first kappa shape index (κ1) is 25.1. The van der Waals surface area contributed by atoms with E-state index >= 15 is 0 Å². The van der Waals surface area contributed by atoms with Crippen LogP contribution in [0.15, 0.2) is 0 Å². The fraction of sp³-hybridized carbons (Fsp3) is 0.429. The highest BCUT2D eigenvalue weighted by molar-refractivity contribution is 6.55. The molecule has 0 spiro atoms. The number of hydrogen-bond donors (Lipinski definition) is 1. The minimum Gasteiger partial charge on any atom is -1.00 e. The molecule has 0 aliphatic rings.